The van der Waals surface area contributed by atoms with Crippen molar-refractivity contribution in [2.24, 2.45) is 5.92 Å². The molecule has 2 aromatic heterocycles. The predicted octanol–water partition coefficient (Wildman–Crippen LogP) is 11.6. The SMILES string of the molecule is C.COc1cc([PH+](c2ccccc2)c2ccccc2)c(-c2c([PH+](c3ccccc3)c3ccccc3)cc(OC)nc2OC)c(OC)n1.COc1ccc(C([NH-])(c2ccc(OC)cc2)[C@@H]([NH-])C(C)C)cc1.[Cl][Ru+3]. The van der Waals surface area contributed by atoms with Crippen molar-refractivity contribution in [3.8, 4) is 46.1 Å². The Morgan fingerprint density at radius 2 is 0.750 bits per heavy atom. The van der Waals surface area contributed by atoms with Crippen molar-refractivity contribution in [1.82, 2.24) is 9.97 Å². The zero-order chi connectivity index (χ0) is 50.9. The van der Waals surface area contributed by atoms with Gasteiger partial charge in [0.25, 0.3) is 0 Å². The van der Waals surface area contributed by atoms with Gasteiger partial charge in [-0.3, -0.25) is 0 Å². The molecule has 2 heterocycles. The molecule has 1 atom stereocenters. The summed E-state index contributed by atoms with van der Waals surface area (Å²) in [6, 6.07) is 60.8. The molecule has 374 valence electrons. The van der Waals surface area contributed by atoms with Crippen LogP contribution < -0.4 is 60.2 Å². The summed E-state index contributed by atoms with van der Waals surface area (Å²) < 4.78 is 34.2. The van der Waals surface area contributed by atoms with E-state index in [-0.39, 0.29) is 13.3 Å². The van der Waals surface area contributed by atoms with Crippen molar-refractivity contribution >= 4 is 57.4 Å². The van der Waals surface area contributed by atoms with Gasteiger partial charge in [0, 0.05) is 12.1 Å². The number of benzene rings is 6. The maximum absolute atomic E-state index is 9.12. The summed E-state index contributed by atoms with van der Waals surface area (Å²) in [5, 5.41) is 6.98. The van der Waals surface area contributed by atoms with E-state index in [1.54, 1.807) is 42.7 Å². The summed E-state index contributed by atoms with van der Waals surface area (Å²) in [6.07, 6.45) is 0. The monoisotopic (exact) mass is 1110 g/mol. The zero-order valence-corrected chi connectivity index (χ0v) is 45.5. The number of methoxy groups -OCH3 is 6. The third-order valence-corrected chi connectivity index (χ3v) is 17.5. The third kappa shape index (κ3) is 13.0. The molecule has 0 saturated carbocycles. The Labute approximate surface area is 442 Å². The number of pyridine rings is 2. The van der Waals surface area contributed by atoms with Gasteiger partial charge in [0.15, 0.2) is 0 Å². The molecule has 0 spiro atoms. The van der Waals surface area contributed by atoms with E-state index in [9.17, 15) is 0 Å². The molecule has 0 bridgehead atoms. The standard InChI is InChI=1S/C38H34N2O4P2.C19H24N2O2.CH4.ClH.Ru/c1-41-33-25-31(45(27-17-9-5-10-18-27)28-19-11-6-12-20-28)35(37(39-33)43-3)36-32(26-34(42-2)40-38(36)44-4)46(29-21-13-7-14-22-29)30-23-15-8-16-24-30;1-13(2)18(20)19(21,14-5-9-16(22-3)10-6-14)15-7-11-17(23-4)12-8-15;;;/h5-26H,1-4H3;5-13,18,20-21H,1-4H3;1H4;1H;/q;-2;;;+4/p+1/t;18-;;;/m.0.../s1. The van der Waals surface area contributed by atoms with Gasteiger partial charge in [-0.2, -0.15) is 9.97 Å². The van der Waals surface area contributed by atoms with Crippen molar-refractivity contribution in [3.05, 3.63) is 205 Å². The Balaban J connectivity index is 0.000000312. The van der Waals surface area contributed by atoms with Crippen LogP contribution in [0.25, 0.3) is 22.6 Å². The summed E-state index contributed by atoms with van der Waals surface area (Å²) in [4.78, 5) is 9.70. The van der Waals surface area contributed by atoms with Gasteiger partial charge in [-0.05, 0) is 72.8 Å². The molecule has 10 nitrogen and oxygen atoms in total. The minimum atomic E-state index is -1.63. The van der Waals surface area contributed by atoms with Crippen molar-refractivity contribution in [2.45, 2.75) is 32.9 Å². The van der Waals surface area contributed by atoms with E-state index in [0.717, 1.165) is 44.4 Å². The summed E-state index contributed by atoms with van der Waals surface area (Å²) >= 11 is 1.82. The number of nitrogens with one attached hydrogen (secondary N) is 2. The van der Waals surface area contributed by atoms with E-state index >= 15 is 0 Å². The van der Waals surface area contributed by atoms with Gasteiger partial charge in [0.05, 0.1) is 69.6 Å². The molecule has 0 amide bonds. The molecule has 0 unspecified atom stereocenters. The van der Waals surface area contributed by atoms with E-state index in [1.165, 1.54) is 21.2 Å². The fourth-order valence-electron chi connectivity index (χ4n) is 8.49. The molecule has 0 fully saturated rings. The second kappa shape index (κ2) is 27.8. The summed E-state index contributed by atoms with van der Waals surface area (Å²) in [5.41, 5.74) is 19.8. The number of rotatable bonds is 17. The molecule has 72 heavy (non-hydrogen) atoms. The first-order valence-corrected chi connectivity index (χ1v) is 27.9. The van der Waals surface area contributed by atoms with Gasteiger partial charge < -0.3 is 39.9 Å². The maximum atomic E-state index is 9.12. The van der Waals surface area contributed by atoms with Crippen molar-refractivity contribution < 1.29 is 45.7 Å². The number of halogens is 1. The molecule has 0 aliphatic rings. The average Bonchev–Trinajstić information content (AvgIpc) is 3.44. The molecular weight excluding hydrogens is 1050 g/mol. The van der Waals surface area contributed by atoms with Crippen LogP contribution in [-0.4, -0.2) is 58.7 Å². The van der Waals surface area contributed by atoms with Crippen LogP contribution in [0.1, 0.15) is 32.4 Å². The van der Waals surface area contributed by atoms with Crippen molar-refractivity contribution in [3.63, 3.8) is 0 Å². The second-order valence-electron chi connectivity index (χ2n) is 16.4. The molecule has 0 radical (unpaired) electrons. The molecule has 2 N–H and O–H groups in total. The van der Waals surface area contributed by atoms with Crippen LogP contribution in [0.15, 0.2) is 182 Å². The third-order valence-electron chi connectivity index (χ3n) is 12.0. The Hall–Kier alpha value is -5.89. The van der Waals surface area contributed by atoms with E-state index in [4.69, 9.17) is 49.9 Å². The molecule has 0 aliphatic heterocycles. The van der Waals surface area contributed by atoms with Crippen LogP contribution in [0.3, 0.4) is 0 Å². The van der Waals surface area contributed by atoms with Crippen LogP contribution in [0.4, 0.5) is 0 Å². The van der Waals surface area contributed by atoms with Gasteiger partial charge in [0.1, 0.15) is 43.3 Å². The first kappa shape index (κ1) is 57.0. The van der Waals surface area contributed by atoms with E-state index < -0.39 is 27.4 Å². The Bertz CT molecular complexity index is 2610. The van der Waals surface area contributed by atoms with Crippen LogP contribution in [0, 0.1) is 5.92 Å². The fourth-order valence-corrected chi connectivity index (χ4v) is 14.0. The minimum absolute atomic E-state index is 0. The second-order valence-corrected chi connectivity index (χ2v) is 21.3. The fraction of sp³-hybridized carbons (Fsp3) is 0.207. The number of ether oxygens (including phenoxy) is 6. The van der Waals surface area contributed by atoms with Crippen LogP contribution in [0.2, 0.25) is 0 Å². The Morgan fingerprint density at radius 1 is 0.458 bits per heavy atom. The first-order valence-electron chi connectivity index (χ1n) is 22.7. The number of hydrogen-bond donors (Lipinski definition) is 0. The normalized spacial score (nSPS) is 11.2. The van der Waals surface area contributed by atoms with Gasteiger partial charge in [0.2, 0.25) is 23.5 Å². The Kier molecular flexibility index (Phi) is 22.0. The van der Waals surface area contributed by atoms with E-state index in [1.807, 2.05) is 104 Å². The van der Waals surface area contributed by atoms with Gasteiger partial charge in [-0.15, -0.1) is 6.04 Å². The number of hydrogen-bond acceptors (Lipinski definition) is 8. The van der Waals surface area contributed by atoms with Gasteiger partial charge in [-0.25, -0.2) is 0 Å². The molecule has 0 aliphatic carbocycles. The number of nitrogens with zero attached hydrogens (tertiary/aromatic N) is 2. The van der Waals surface area contributed by atoms with Gasteiger partial charge in [-0.1, -0.05) is 141 Å². The quantitative estimate of drug-likeness (QED) is 0.0651. The van der Waals surface area contributed by atoms with Crippen LogP contribution in [0.5, 0.6) is 35.0 Å². The Morgan fingerprint density at radius 3 is 0.986 bits per heavy atom. The average molecular weight is 1110 g/mol. The molecular formula is C58H64ClN4O6P2Ru+3. The molecule has 8 rings (SSSR count). The topological polar surface area (TPSA) is 129 Å². The summed E-state index contributed by atoms with van der Waals surface area (Å²) in [6.45, 7) is 3.96. The summed E-state index contributed by atoms with van der Waals surface area (Å²) in [5.74, 6) is 3.38. The first-order chi connectivity index (χ1) is 34.6. The number of aromatic nitrogens is 2. The predicted molar refractivity (Wildman–Crippen MR) is 300 cm³/mol. The van der Waals surface area contributed by atoms with Gasteiger partial charge >= 0.3 is 27.0 Å². The molecule has 0 saturated heterocycles. The van der Waals surface area contributed by atoms with Crippen molar-refractivity contribution in [2.75, 3.05) is 42.7 Å². The molecule has 14 heteroatoms. The van der Waals surface area contributed by atoms with E-state index in [0.29, 0.717) is 23.5 Å². The summed E-state index contributed by atoms with van der Waals surface area (Å²) in [7, 11) is 11.1. The molecule has 6 aromatic carbocycles. The van der Waals surface area contributed by atoms with E-state index in [2.05, 4.69) is 119 Å². The van der Waals surface area contributed by atoms with Crippen LogP contribution in [-0.2, 0) is 22.9 Å². The molecule has 8 aromatic rings. The zero-order valence-electron chi connectivity index (χ0n) is 41.1. The van der Waals surface area contributed by atoms with Crippen molar-refractivity contribution in [1.29, 1.82) is 0 Å². The van der Waals surface area contributed by atoms with Crippen LogP contribution >= 0.6 is 25.5 Å².